The van der Waals surface area contributed by atoms with Gasteiger partial charge in [-0.3, -0.25) is 0 Å². The van der Waals surface area contributed by atoms with Gasteiger partial charge in [0.25, 0.3) is 0 Å². The number of aliphatic hydroxyl groups excluding tert-OH is 1. The summed E-state index contributed by atoms with van der Waals surface area (Å²) in [6.07, 6.45) is 4.17. The first-order valence-corrected chi connectivity index (χ1v) is 9.52. The van der Waals surface area contributed by atoms with Gasteiger partial charge < -0.3 is 24.1 Å². The molecule has 2 saturated heterocycles. The van der Waals surface area contributed by atoms with Gasteiger partial charge in [-0.05, 0) is 30.7 Å². The summed E-state index contributed by atoms with van der Waals surface area (Å²) in [5.74, 6) is 0.552. The normalized spacial score (nSPS) is 38.0. The molecule has 0 spiro atoms. The summed E-state index contributed by atoms with van der Waals surface area (Å²) in [5, 5.41) is 9.84. The summed E-state index contributed by atoms with van der Waals surface area (Å²) in [6, 6.07) is 10.2. The molecule has 3 aliphatic rings. The Balaban J connectivity index is 1.35. The maximum Gasteiger partial charge on any atom is 0.157 e. The molecule has 138 valence electrons. The molecule has 5 nitrogen and oxygen atoms in total. The van der Waals surface area contributed by atoms with Gasteiger partial charge in [-0.1, -0.05) is 30.3 Å². The predicted octanol–water partition coefficient (Wildman–Crippen LogP) is 2.86. The topological polar surface area (TPSA) is 57.2 Å². The van der Waals surface area contributed by atoms with Crippen LogP contribution in [0.15, 0.2) is 30.3 Å². The second kappa shape index (κ2) is 8.14. The van der Waals surface area contributed by atoms with Crippen LogP contribution in [0.25, 0.3) is 0 Å². The molecule has 6 atom stereocenters. The lowest BCUT2D eigenvalue weighted by Gasteiger charge is -2.30. The van der Waals surface area contributed by atoms with Crippen molar-refractivity contribution in [2.45, 2.75) is 63.5 Å². The fourth-order valence-electron chi connectivity index (χ4n) is 4.39. The quantitative estimate of drug-likeness (QED) is 0.857. The molecule has 1 aromatic carbocycles. The molecule has 0 amide bonds. The van der Waals surface area contributed by atoms with E-state index in [0.29, 0.717) is 25.6 Å². The summed E-state index contributed by atoms with van der Waals surface area (Å²) >= 11 is 0. The van der Waals surface area contributed by atoms with E-state index in [9.17, 15) is 5.11 Å². The minimum atomic E-state index is -0.640. The van der Waals surface area contributed by atoms with Crippen LogP contribution in [0, 0.1) is 11.8 Å². The van der Waals surface area contributed by atoms with E-state index in [-0.39, 0.29) is 24.4 Å². The molecule has 3 fully saturated rings. The Morgan fingerprint density at radius 1 is 1.12 bits per heavy atom. The van der Waals surface area contributed by atoms with E-state index >= 15 is 0 Å². The largest absolute Gasteiger partial charge is 0.376 e. The zero-order valence-electron chi connectivity index (χ0n) is 14.6. The number of aliphatic hydroxyl groups is 1. The molecule has 1 aromatic rings. The van der Waals surface area contributed by atoms with Crippen LogP contribution in [0.3, 0.4) is 0 Å². The van der Waals surface area contributed by atoms with Crippen LogP contribution in [0.5, 0.6) is 0 Å². The lowest BCUT2D eigenvalue weighted by molar-refractivity contribution is -0.202. The van der Waals surface area contributed by atoms with Crippen molar-refractivity contribution in [3.63, 3.8) is 0 Å². The number of rotatable bonds is 6. The van der Waals surface area contributed by atoms with Crippen molar-refractivity contribution in [1.29, 1.82) is 0 Å². The van der Waals surface area contributed by atoms with E-state index in [4.69, 9.17) is 18.9 Å². The van der Waals surface area contributed by atoms with E-state index < -0.39 is 6.29 Å². The molecular weight excluding hydrogens is 320 g/mol. The van der Waals surface area contributed by atoms with Crippen LogP contribution in [0.2, 0.25) is 0 Å². The Morgan fingerprint density at radius 3 is 2.80 bits per heavy atom. The lowest BCUT2D eigenvalue weighted by atomic mass is 9.92. The molecule has 2 unspecified atom stereocenters. The SMILES string of the molecule is OC1C[C@@H]2[C@@H](COCc3ccccc3)[C@H](OC3CCCCO3)C[C@@H]2O1. The van der Waals surface area contributed by atoms with Gasteiger partial charge in [0.15, 0.2) is 12.6 Å². The maximum absolute atomic E-state index is 9.84. The first-order valence-electron chi connectivity index (χ1n) is 9.52. The van der Waals surface area contributed by atoms with Gasteiger partial charge in [-0.2, -0.15) is 0 Å². The summed E-state index contributed by atoms with van der Waals surface area (Å²) in [4.78, 5) is 0. The summed E-state index contributed by atoms with van der Waals surface area (Å²) in [5.41, 5.74) is 1.17. The third-order valence-electron chi connectivity index (χ3n) is 5.66. The number of hydrogen-bond donors (Lipinski definition) is 1. The molecule has 2 heterocycles. The van der Waals surface area contributed by atoms with Crippen LogP contribution in [-0.4, -0.2) is 43.1 Å². The van der Waals surface area contributed by atoms with E-state index in [1.165, 1.54) is 5.56 Å². The van der Waals surface area contributed by atoms with Gasteiger partial charge >= 0.3 is 0 Å². The van der Waals surface area contributed by atoms with Crippen molar-refractivity contribution in [2.24, 2.45) is 11.8 Å². The molecular formula is C20H28O5. The van der Waals surface area contributed by atoms with E-state index in [0.717, 1.165) is 32.3 Å². The van der Waals surface area contributed by atoms with Gasteiger partial charge in [-0.15, -0.1) is 0 Å². The Bertz CT molecular complexity index is 530. The number of hydrogen-bond acceptors (Lipinski definition) is 5. The number of benzene rings is 1. The smallest absolute Gasteiger partial charge is 0.157 e. The Labute approximate surface area is 149 Å². The minimum Gasteiger partial charge on any atom is -0.376 e. The summed E-state index contributed by atoms with van der Waals surface area (Å²) in [6.45, 7) is 2.02. The van der Waals surface area contributed by atoms with Crippen LogP contribution in [0.4, 0.5) is 0 Å². The molecule has 0 bridgehead atoms. The standard InChI is InChI=1S/C20H28O5/c21-19-10-15-16(13-22-12-14-6-2-1-3-7-14)18(11-17(15)24-19)25-20-8-4-5-9-23-20/h1-3,6-7,15-21H,4-5,8-13H2/t15-,16-,17+,18-,19?,20?/m1/s1. The van der Waals surface area contributed by atoms with Crippen molar-refractivity contribution < 1.29 is 24.1 Å². The molecule has 0 radical (unpaired) electrons. The monoisotopic (exact) mass is 348 g/mol. The highest BCUT2D eigenvalue weighted by Gasteiger charge is 2.50. The van der Waals surface area contributed by atoms with Crippen molar-refractivity contribution in [1.82, 2.24) is 0 Å². The van der Waals surface area contributed by atoms with Crippen molar-refractivity contribution in [3.8, 4) is 0 Å². The summed E-state index contributed by atoms with van der Waals surface area (Å²) < 4.78 is 23.7. The van der Waals surface area contributed by atoms with Crippen LogP contribution in [0.1, 0.15) is 37.7 Å². The number of fused-ring (bicyclic) bond motifs is 1. The average molecular weight is 348 g/mol. The zero-order chi connectivity index (χ0) is 17.1. The van der Waals surface area contributed by atoms with Gasteiger partial charge in [0.2, 0.25) is 0 Å². The first-order chi connectivity index (χ1) is 12.3. The van der Waals surface area contributed by atoms with E-state index in [2.05, 4.69) is 12.1 Å². The third-order valence-corrected chi connectivity index (χ3v) is 5.66. The molecule has 4 rings (SSSR count). The number of ether oxygens (including phenoxy) is 4. The first kappa shape index (κ1) is 17.4. The summed E-state index contributed by atoms with van der Waals surface area (Å²) in [7, 11) is 0. The molecule has 1 saturated carbocycles. The Morgan fingerprint density at radius 2 is 2.00 bits per heavy atom. The molecule has 1 N–H and O–H groups in total. The molecule has 1 aliphatic carbocycles. The lowest BCUT2D eigenvalue weighted by Crippen LogP contribution is -2.33. The van der Waals surface area contributed by atoms with Gasteiger partial charge in [0.1, 0.15) is 0 Å². The molecule has 5 heteroatoms. The second-order valence-corrected chi connectivity index (χ2v) is 7.40. The highest BCUT2D eigenvalue weighted by atomic mass is 16.7. The minimum absolute atomic E-state index is 0.0777. The van der Waals surface area contributed by atoms with Crippen LogP contribution in [-0.2, 0) is 25.6 Å². The highest BCUT2D eigenvalue weighted by Crippen LogP contribution is 2.45. The van der Waals surface area contributed by atoms with Crippen molar-refractivity contribution in [3.05, 3.63) is 35.9 Å². The predicted molar refractivity (Wildman–Crippen MR) is 91.7 cm³/mol. The van der Waals surface area contributed by atoms with Crippen LogP contribution < -0.4 is 0 Å². The van der Waals surface area contributed by atoms with Crippen molar-refractivity contribution >= 4 is 0 Å². The fourth-order valence-corrected chi connectivity index (χ4v) is 4.39. The third kappa shape index (κ3) is 4.23. The fraction of sp³-hybridized carbons (Fsp3) is 0.700. The maximum atomic E-state index is 9.84. The molecule has 2 aliphatic heterocycles. The molecule has 25 heavy (non-hydrogen) atoms. The highest BCUT2D eigenvalue weighted by molar-refractivity contribution is 5.13. The zero-order valence-corrected chi connectivity index (χ0v) is 14.6. The van der Waals surface area contributed by atoms with E-state index in [1.807, 2.05) is 18.2 Å². The Hall–Kier alpha value is -0.980. The van der Waals surface area contributed by atoms with Crippen LogP contribution >= 0.6 is 0 Å². The average Bonchev–Trinajstić information content (AvgIpc) is 3.13. The van der Waals surface area contributed by atoms with Crippen molar-refractivity contribution in [2.75, 3.05) is 13.2 Å². The van der Waals surface area contributed by atoms with Gasteiger partial charge in [0.05, 0.1) is 25.4 Å². The van der Waals surface area contributed by atoms with E-state index in [1.54, 1.807) is 0 Å². The van der Waals surface area contributed by atoms with Gasteiger partial charge in [-0.25, -0.2) is 0 Å². The Kier molecular flexibility index (Phi) is 5.68. The van der Waals surface area contributed by atoms with Gasteiger partial charge in [0, 0.05) is 25.4 Å². The second-order valence-electron chi connectivity index (χ2n) is 7.40. The molecule has 0 aromatic heterocycles.